The molecule has 0 saturated carbocycles. The summed E-state index contributed by atoms with van der Waals surface area (Å²) in [6, 6.07) is 23.8. The third kappa shape index (κ3) is 3.19. The molecule has 0 spiro atoms. The Hall–Kier alpha value is -3.72. The molecular weight excluding hydrogens is 416 g/mol. The molecule has 0 saturated heterocycles. The molecular formula is C31H28N2O. The molecule has 0 radical (unpaired) electrons. The Morgan fingerprint density at radius 1 is 0.706 bits per heavy atom. The van der Waals surface area contributed by atoms with Crippen molar-refractivity contribution in [2.45, 2.75) is 46.5 Å². The Balaban J connectivity index is 1.71. The van der Waals surface area contributed by atoms with Crippen molar-refractivity contribution >= 4 is 43.6 Å². The van der Waals surface area contributed by atoms with E-state index in [2.05, 4.69) is 101 Å². The number of fused-ring (bicyclic) bond motifs is 6. The maximum Gasteiger partial charge on any atom is 0.144 e. The Morgan fingerprint density at radius 2 is 1.50 bits per heavy atom. The van der Waals surface area contributed by atoms with E-state index in [0.29, 0.717) is 5.92 Å². The SMILES string of the molecule is Cc1ccc2ccc3c(-c4cccc5c4oc4cc(C(C)C)ccc45)nc(C(C)C)nc3c2c1. The molecule has 2 heterocycles. The van der Waals surface area contributed by atoms with Gasteiger partial charge < -0.3 is 4.42 Å². The molecule has 0 unspecified atom stereocenters. The highest BCUT2D eigenvalue weighted by molar-refractivity contribution is 6.14. The van der Waals surface area contributed by atoms with E-state index in [4.69, 9.17) is 14.4 Å². The summed E-state index contributed by atoms with van der Waals surface area (Å²) in [4.78, 5) is 10.1. The van der Waals surface area contributed by atoms with Gasteiger partial charge in [-0.2, -0.15) is 0 Å². The van der Waals surface area contributed by atoms with Gasteiger partial charge in [0.1, 0.15) is 17.0 Å². The zero-order chi connectivity index (χ0) is 23.6. The van der Waals surface area contributed by atoms with Crippen molar-refractivity contribution in [1.82, 2.24) is 9.97 Å². The van der Waals surface area contributed by atoms with Gasteiger partial charge in [0.25, 0.3) is 0 Å². The summed E-state index contributed by atoms with van der Waals surface area (Å²) in [6.45, 7) is 10.8. The summed E-state index contributed by atoms with van der Waals surface area (Å²) in [6.07, 6.45) is 0. The minimum Gasteiger partial charge on any atom is -0.455 e. The van der Waals surface area contributed by atoms with Crippen LogP contribution in [0.1, 0.15) is 56.5 Å². The van der Waals surface area contributed by atoms with E-state index in [9.17, 15) is 0 Å². The van der Waals surface area contributed by atoms with Crippen LogP contribution in [0.25, 0.3) is 54.9 Å². The molecule has 3 nitrogen and oxygen atoms in total. The number of rotatable bonds is 3. The normalized spacial score (nSPS) is 12.2. The number of aromatic nitrogens is 2. The predicted octanol–water partition coefficient (Wildman–Crippen LogP) is 8.90. The molecule has 0 N–H and O–H groups in total. The Labute approximate surface area is 199 Å². The van der Waals surface area contributed by atoms with Crippen molar-refractivity contribution in [1.29, 1.82) is 0 Å². The third-order valence-electron chi connectivity index (χ3n) is 6.82. The molecule has 0 fully saturated rings. The van der Waals surface area contributed by atoms with Gasteiger partial charge in [0, 0.05) is 33.0 Å². The fraction of sp³-hybridized carbons (Fsp3) is 0.226. The molecule has 0 aliphatic rings. The molecule has 4 aromatic carbocycles. The maximum absolute atomic E-state index is 6.52. The van der Waals surface area contributed by atoms with Gasteiger partial charge in [0.15, 0.2) is 0 Å². The Morgan fingerprint density at radius 3 is 2.29 bits per heavy atom. The van der Waals surface area contributed by atoms with Gasteiger partial charge >= 0.3 is 0 Å². The van der Waals surface area contributed by atoms with Gasteiger partial charge in [-0.15, -0.1) is 0 Å². The van der Waals surface area contributed by atoms with Gasteiger partial charge in [0.2, 0.25) is 0 Å². The molecule has 168 valence electrons. The zero-order valence-electron chi connectivity index (χ0n) is 20.3. The molecule has 0 amide bonds. The first kappa shape index (κ1) is 20.9. The van der Waals surface area contributed by atoms with E-state index in [-0.39, 0.29) is 5.92 Å². The van der Waals surface area contributed by atoms with E-state index in [0.717, 1.165) is 49.9 Å². The number of nitrogens with zero attached hydrogens (tertiary/aromatic N) is 2. The van der Waals surface area contributed by atoms with Crippen LogP contribution in [0.4, 0.5) is 0 Å². The third-order valence-corrected chi connectivity index (χ3v) is 6.82. The van der Waals surface area contributed by atoms with Crippen molar-refractivity contribution in [3.8, 4) is 11.3 Å². The van der Waals surface area contributed by atoms with Crippen LogP contribution in [0.5, 0.6) is 0 Å². The molecule has 0 atom stereocenters. The zero-order valence-corrected chi connectivity index (χ0v) is 20.3. The van der Waals surface area contributed by atoms with E-state index < -0.39 is 0 Å². The smallest absolute Gasteiger partial charge is 0.144 e. The minimum absolute atomic E-state index is 0.215. The minimum atomic E-state index is 0.215. The first-order valence-electron chi connectivity index (χ1n) is 12.1. The first-order valence-corrected chi connectivity index (χ1v) is 12.1. The molecule has 0 bridgehead atoms. The first-order chi connectivity index (χ1) is 16.4. The van der Waals surface area contributed by atoms with Crippen molar-refractivity contribution in [3.63, 3.8) is 0 Å². The molecule has 0 aliphatic carbocycles. The van der Waals surface area contributed by atoms with Crippen LogP contribution >= 0.6 is 0 Å². The van der Waals surface area contributed by atoms with Crippen molar-refractivity contribution in [2.24, 2.45) is 0 Å². The molecule has 6 aromatic rings. The number of para-hydroxylation sites is 1. The fourth-order valence-corrected chi connectivity index (χ4v) is 4.87. The van der Waals surface area contributed by atoms with Crippen LogP contribution in [-0.2, 0) is 0 Å². The monoisotopic (exact) mass is 444 g/mol. The van der Waals surface area contributed by atoms with Crippen LogP contribution in [0.3, 0.4) is 0 Å². The van der Waals surface area contributed by atoms with Crippen molar-refractivity contribution < 1.29 is 4.42 Å². The topological polar surface area (TPSA) is 38.9 Å². The lowest BCUT2D eigenvalue weighted by Crippen LogP contribution is -2.01. The van der Waals surface area contributed by atoms with Crippen LogP contribution in [-0.4, -0.2) is 9.97 Å². The molecule has 2 aromatic heterocycles. The summed E-state index contributed by atoms with van der Waals surface area (Å²) in [5, 5.41) is 5.68. The number of hydrogen-bond acceptors (Lipinski definition) is 3. The summed E-state index contributed by atoms with van der Waals surface area (Å²) < 4.78 is 6.52. The lowest BCUT2D eigenvalue weighted by atomic mass is 9.98. The van der Waals surface area contributed by atoms with Crippen LogP contribution < -0.4 is 0 Å². The average Bonchev–Trinajstić information content (AvgIpc) is 3.21. The second kappa shape index (κ2) is 7.66. The molecule has 3 heteroatoms. The Bertz CT molecular complexity index is 1720. The van der Waals surface area contributed by atoms with Crippen molar-refractivity contribution in [3.05, 3.63) is 83.7 Å². The second-order valence-electron chi connectivity index (χ2n) is 9.97. The second-order valence-corrected chi connectivity index (χ2v) is 9.97. The number of aryl methyl sites for hydroxylation is 1. The highest BCUT2D eigenvalue weighted by atomic mass is 16.3. The predicted molar refractivity (Wildman–Crippen MR) is 143 cm³/mol. The summed E-state index contributed by atoms with van der Waals surface area (Å²) in [5.74, 6) is 1.52. The number of furan rings is 1. The number of hydrogen-bond donors (Lipinski definition) is 0. The van der Waals surface area contributed by atoms with Gasteiger partial charge in [-0.05, 0) is 48.1 Å². The van der Waals surface area contributed by atoms with Crippen LogP contribution in [0, 0.1) is 6.92 Å². The lowest BCUT2D eigenvalue weighted by molar-refractivity contribution is 0.668. The summed E-state index contributed by atoms with van der Waals surface area (Å²) in [7, 11) is 0. The van der Waals surface area contributed by atoms with Gasteiger partial charge in [-0.1, -0.05) is 75.7 Å². The highest BCUT2D eigenvalue weighted by Crippen LogP contribution is 2.39. The van der Waals surface area contributed by atoms with E-state index >= 15 is 0 Å². The standard InChI is InChI=1S/C31H28N2O/c1-17(2)21-12-13-22-23-7-6-8-25(30(23)34-27(22)16-21)28-24-14-11-20-10-9-19(5)15-26(20)29(24)33-31(32-28)18(3)4/h6-18H,1-5H3. The fourth-order valence-electron chi connectivity index (χ4n) is 4.87. The summed E-state index contributed by atoms with van der Waals surface area (Å²) in [5.41, 5.74) is 7.28. The Kier molecular flexibility index (Phi) is 4.70. The molecule has 6 rings (SSSR count). The highest BCUT2D eigenvalue weighted by Gasteiger charge is 2.19. The quantitative estimate of drug-likeness (QED) is 0.256. The van der Waals surface area contributed by atoms with Crippen LogP contribution in [0.2, 0.25) is 0 Å². The maximum atomic E-state index is 6.52. The largest absolute Gasteiger partial charge is 0.455 e. The van der Waals surface area contributed by atoms with Crippen LogP contribution in [0.15, 0.2) is 71.1 Å². The lowest BCUT2D eigenvalue weighted by Gasteiger charge is -2.13. The van der Waals surface area contributed by atoms with Gasteiger partial charge in [0.05, 0.1) is 11.2 Å². The van der Waals surface area contributed by atoms with Gasteiger partial charge in [-0.25, -0.2) is 9.97 Å². The van der Waals surface area contributed by atoms with E-state index in [1.165, 1.54) is 21.9 Å². The average molecular weight is 445 g/mol. The van der Waals surface area contributed by atoms with Crippen molar-refractivity contribution in [2.75, 3.05) is 0 Å². The molecule has 34 heavy (non-hydrogen) atoms. The number of benzene rings is 4. The summed E-state index contributed by atoms with van der Waals surface area (Å²) >= 11 is 0. The van der Waals surface area contributed by atoms with E-state index in [1.54, 1.807) is 0 Å². The van der Waals surface area contributed by atoms with Gasteiger partial charge in [-0.3, -0.25) is 0 Å². The molecule has 0 aliphatic heterocycles. The van der Waals surface area contributed by atoms with E-state index in [1.807, 2.05) is 0 Å².